The molecule has 12 heteroatoms. The van der Waals surface area contributed by atoms with Crippen molar-refractivity contribution in [1.82, 2.24) is 0 Å². The highest BCUT2D eigenvalue weighted by Gasteiger charge is 3.01. The summed E-state index contributed by atoms with van der Waals surface area (Å²) in [6.45, 7) is 0. The van der Waals surface area contributed by atoms with Gasteiger partial charge in [-0.15, -0.1) is 0 Å². The number of carbonyl (C=O) groups is 2. The third kappa shape index (κ3) is 3.45. The van der Waals surface area contributed by atoms with Crippen LogP contribution in [0, 0.1) is 0 Å². The molecule has 2 saturated heterocycles. The summed E-state index contributed by atoms with van der Waals surface area (Å²) in [5.74, 6) is -2.00. The summed E-state index contributed by atoms with van der Waals surface area (Å²) in [5.41, 5.74) is -2.37. The van der Waals surface area contributed by atoms with Crippen LogP contribution < -0.4 is 37.9 Å². The highest BCUT2D eigenvalue weighted by atomic mass is 16.9. The maximum atomic E-state index is 14.6. The van der Waals surface area contributed by atoms with Gasteiger partial charge in [-0.25, -0.2) is 0 Å². The molecule has 2 fully saturated rings. The van der Waals surface area contributed by atoms with Crippen LogP contribution >= 0.6 is 0 Å². The Kier molecular flexibility index (Phi) is 6.24. The van der Waals surface area contributed by atoms with Crippen molar-refractivity contribution in [2.24, 2.45) is 0 Å². The lowest BCUT2D eigenvalue weighted by Gasteiger charge is -2.26. The lowest BCUT2D eigenvalue weighted by molar-refractivity contribution is 0.0532. The molecule has 0 radical (unpaired) electrons. The Balaban J connectivity index is 1.41. The predicted octanol–water partition coefficient (Wildman–Crippen LogP) is 4.83. The molecule has 4 unspecified atom stereocenters. The maximum absolute atomic E-state index is 14.6. The van der Waals surface area contributed by atoms with Gasteiger partial charge in [0.15, 0.2) is 23.0 Å². The molecular weight excluding hydrogens is 624 g/mol. The fraction of sp³-hybridized carbons (Fsp3) is 0.278. The molecule has 0 N–H and O–H groups in total. The number of ether oxygens (including phenoxy) is 10. The normalized spacial score (nSPS) is 27.1. The van der Waals surface area contributed by atoms with Crippen molar-refractivity contribution in [2.75, 3.05) is 42.7 Å². The molecule has 4 aromatic carbocycles. The van der Waals surface area contributed by atoms with E-state index in [4.69, 9.17) is 47.4 Å². The van der Waals surface area contributed by atoms with E-state index in [1.807, 2.05) is 0 Å². The molecule has 4 heterocycles. The first-order chi connectivity index (χ1) is 23.2. The first kappa shape index (κ1) is 29.9. The molecule has 4 aromatic rings. The third-order valence-corrected chi connectivity index (χ3v) is 9.49. The van der Waals surface area contributed by atoms with E-state index >= 15 is 0 Å². The molecule has 4 aliphatic heterocycles. The molecule has 8 rings (SSSR count). The molecule has 0 aliphatic carbocycles. The first-order valence-electron chi connectivity index (χ1n) is 14.9. The molecule has 0 saturated carbocycles. The fourth-order valence-electron chi connectivity index (χ4n) is 7.16. The Hall–Kier alpha value is -5.46. The molecule has 2 spiro atoms. The van der Waals surface area contributed by atoms with Crippen molar-refractivity contribution in [1.29, 1.82) is 0 Å². The van der Waals surface area contributed by atoms with Gasteiger partial charge < -0.3 is 47.4 Å². The van der Waals surface area contributed by atoms with E-state index in [9.17, 15) is 9.59 Å². The third-order valence-electron chi connectivity index (χ3n) is 9.49. The van der Waals surface area contributed by atoms with Crippen LogP contribution in [0.1, 0.15) is 31.8 Å². The number of hydrogen-bond donors (Lipinski definition) is 0. The molecule has 48 heavy (non-hydrogen) atoms. The standard InChI is InChI=1S/C36H30O12/c1-39-21-9-11-23-27(17-21)45-35(31(23)37)33(47-35,19-7-13-25(41-3)29(15-19)43-5)34(20-8-14-26(42-4)30(16-20)44-6)36(48-34)32(38)24-12-10-22(40-2)18-28(24)46-36/h7-18H,1-6H3. The topological polar surface area (TPSA) is 133 Å². The van der Waals surface area contributed by atoms with Gasteiger partial charge in [0.2, 0.25) is 22.8 Å². The number of ketones is 2. The molecule has 0 aromatic heterocycles. The minimum absolute atomic E-state index is 0.241. The smallest absolute Gasteiger partial charge is 0.314 e. The zero-order valence-electron chi connectivity index (χ0n) is 26.8. The van der Waals surface area contributed by atoms with E-state index in [0.717, 1.165) is 0 Å². The number of carbonyl (C=O) groups excluding carboxylic acids is 2. The van der Waals surface area contributed by atoms with Crippen molar-refractivity contribution < 1.29 is 57.0 Å². The number of epoxide rings is 2. The number of methoxy groups -OCH3 is 6. The van der Waals surface area contributed by atoms with Crippen LogP contribution in [0.5, 0.6) is 46.0 Å². The highest BCUT2D eigenvalue weighted by molar-refractivity contribution is 6.13. The van der Waals surface area contributed by atoms with Gasteiger partial charge in [0.1, 0.15) is 23.0 Å². The van der Waals surface area contributed by atoms with Crippen LogP contribution in [0.25, 0.3) is 0 Å². The molecule has 12 nitrogen and oxygen atoms in total. The minimum atomic E-state index is -2.01. The number of rotatable bonds is 9. The number of benzene rings is 4. The number of fused-ring (bicyclic) bond motifs is 2. The SMILES string of the molecule is COc1ccc2c(c1)OC1(OC1(c1ccc(OC)c(OC)c1)C1(c3ccc(OC)c(OC)c3)OC13Oc1cc(OC)ccc1C3=O)C2=O. The average Bonchev–Trinajstić information content (AvgIpc) is 3.94. The van der Waals surface area contributed by atoms with Crippen molar-refractivity contribution in [3.8, 4) is 46.0 Å². The maximum Gasteiger partial charge on any atom is 0.314 e. The summed E-state index contributed by atoms with van der Waals surface area (Å²) >= 11 is 0. The summed E-state index contributed by atoms with van der Waals surface area (Å²) in [5, 5.41) is 0. The van der Waals surface area contributed by atoms with E-state index in [-0.39, 0.29) is 22.6 Å². The van der Waals surface area contributed by atoms with E-state index < -0.39 is 34.3 Å². The Morgan fingerprint density at radius 1 is 0.458 bits per heavy atom. The van der Waals surface area contributed by atoms with Crippen molar-refractivity contribution >= 4 is 11.6 Å². The summed E-state index contributed by atoms with van der Waals surface area (Å²) in [7, 11) is 9.03. The summed E-state index contributed by atoms with van der Waals surface area (Å²) in [6.07, 6.45) is 0. The van der Waals surface area contributed by atoms with Gasteiger partial charge in [0, 0.05) is 12.1 Å². The zero-order valence-corrected chi connectivity index (χ0v) is 26.8. The van der Waals surface area contributed by atoms with E-state index in [1.165, 1.54) is 42.7 Å². The average molecular weight is 655 g/mol. The van der Waals surface area contributed by atoms with Gasteiger partial charge in [-0.1, -0.05) is 12.1 Å². The van der Waals surface area contributed by atoms with E-state index in [2.05, 4.69) is 0 Å². The largest absolute Gasteiger partial charge is 0.497 e. The monoisotopic (exact) mass is 654 g/mol. The minimum Gasteiger partial charge on any atom is -0.497 e. The van der Waals surface area contributed by atoms with Gasteiger partial charge in [0.05, 0.1) is 53.8 Å². The summed E-state index contributed by atoms with van der Waals surface area (Å²) in [4.78, 5) is 29.1. The Morgan fingerprint density at radius 2 is 0.854 bits per heavy atom. The molecule has 0 bridgehead atoms. The number of hydrogen-bond acceptors (Lipinski definition) is 12. The summed E-state index contributed by atoms with van der Waals surface area (Å²) < 4.78 is 59.7. The van der Waals surface area contributed by atoms with E-state index in [1.54, 1.807) is 72.8 Å². The molecule has 4 aliphatic rings. The van der Waals surface area contributed by atoms with Crippen molar-refractivity contribution in [2.45, 2.75) is 22.8 Å². The van der Waals surface area contributed by atoms with Crippen molar-refractivity contribution in [3.63, 3.8) is 0 Å². The lowest BCUT2D eigenvalue weighted by Crippen LogP contribution is -2.48. The lowest BCUT2D eigenvalue weighted by atomic mass is 9.71. The second kappa shape index (κ2) is 10.0. The van der Waals surface area contributed by atoms with Crippen LogP contribution in [0.4, 0.5) is 0 Å². The van der Waals surface area contributed by atoms with Gasteiger partial charge in [0.25, 0.3) is 0 Å². The van der Waals surface area contributed by atoms with Crippen LogP contribution in [0.2, 0.25) is 0 Å². The molecule has 0 amide bonds. The Morgan fingerprint density at radius 3 is 1.21 bits per heavy atom. The highest BCUT2D eigenvalue weighted by Crippen LogP contribution is 2.80. The van der Waals surface area contributed by atoms with E-state index in [0.29, 0.717) is 45.6 Å². The quantitative estimate of drug-likeness (QED) is 0.229. The van der Waals surface area contributed by atoms with Gasteiger partial charge >= 0.3 is 11.6 Å². The van der Waals surface area contributed by atoms with Gasteiger partial charge in [-0.2, -0.15) is 0 Å². The second-order valence-electron chi connectivity index (χ2n) is 11.5. The molecular formula is C36H30O12. The molecule has 4 atom stereocenters. The predicted molar refractivity (Wildman–Crippen MR) is 166 cm³/mol. The van der Waals surface area contributed by atoms with Gasteiger partial charge in [-0.3, -0.25) is 9.59 Å². The number of Topliss-reactive ketones (excluding diaryl/α,β-unsaturated/α-hetero) is 2. The first-order valence-corrected chi connectivity index (χ1v) is 14.9. The van der Waals surface area contributed by atoms with Crippen LogP contribution in [0.3, 0.4) is 0 Å². The Labute approximate surface area is 274 Å². The van der Waals surface area contributed by atoms with Crippen LogP contribution in [-0.4, -0.2) is 65.8 Å². The van der Waals surface area contributed by atoms with Crippen molar-refractivity contribution in [3.05, 3.63) is 95.1 Å². The zero-order chi connectivity index (χ0) is 33.6. The van der Waals surface area contributed by atoms with Crippen LogP contribution in [0.15, 0.2) is 72.8 Å². The Bertz CT molecular complexity index is 1900. The molecule has 246 valence electrons. The summed E-state index contributed by atoms with van der Waals surface area (Å²) in [6, 6.07) is 19.9. The fourth-order valence-corrected chi connectivity index (χ4v) is 7.16. The van der Waals surface area contributed by atoms with Gasteiger partial charge in [-0.05, 0) is 59.7 Å². The van der Waals surface area contributed by atoms with Crippen LogP contribution in [-0.2, 0) is 20.7 Å². The second-order valence-corrected chi connectivity index (χ2v) is 11.5.